The summed E-state index contributed by atoms with van der Waals surface area (Å²) in [4.78, 5) is 81.6. The highest BCUT2D eigenvalue weighted by Crippen LogP contribution is 2.36. The number of para-hydroxylation sites is 1. The van der Waals surface area contributed by atoms with Gasteiger partial charge in [0.25, 0.3) is 0 Å². The molecule has 7 rings (SSSR count). The zero-order valence-corrected chi connectivity index (χ0v) is 49.2. The molecule has 17 nitrogen and oxygen atoms in total. The van der Waals surface area contributed by atoms with Gasteiger partial charge in [-0.3, -0.25) is 19.2 Å². The third-order valence-electron chi connectivity index (χ3n) is 14.9. The maximum absolute atomic E-state index is 14.0. The number of thiazole rings is 1. The number of hydrazone groups is 1. The molecule has 1 unspecified atom stereocenters. The van der Waals surface area contributed by atoms with E-state index in [-0.39, 0.29) is 41.3 Å². The quantitative estimate of drug-likeness (QED) is 0.00956. The number of carbonyl (C=O) groups is 6. The molecule has 2 saturated carbocycles. The van der Waals surface area contributed by atoms with Gasteiger partial charge in [0.1, 0.15) is 34.5 Å². The molecule has 1 heterocycles. The van der Waals surface area contributed by atoms with Crippen molar-refractivity contribution < 1.29 is 66.7 Å². The fourth-order valence-corrected chi connectivity index (χ4v) is 11.0. The van der Waals surface area contributed by atoms with E-state index in [9.17, 15) is 28.8 Å². The van der Waals surface area contributed by atoms with Gasteiger partial charge < -0.3 is 37.9 Å². The summed E-state index contributed by atoms with van der Waals surface area (Å²) in [7, 11) is 0. The van der Waals surface area contributed by atoms with Crippen molar-refractivity contribution >= 4 is 68.7 Å². The number of anilines is 1. The molecule has 2 aliphatic carbocycles. The average molecular weight is 1170 g/mol. The first-order valence-electron chi connectivity index (χ1n) is 29.6. The van der Waals surface area contributed by atoms with Crippen LogP contribution in [0.5, 0.6) is 34.5 Å². The van der Waals surface area contributed by atoms with E-state index in [2.05, 4.69) is 27.0 Å². The van der Waals surface area contributed by atoms with E-state index < -0.39 is 35.7 Å². The first-order valence-corrected chi connectivity index (χ1v) is 30.4. The molecule has 448 valence electrons. The Morgan fingerprint density at radius 3 is 1.45 bits per heavy atom. The van der Waals surface area contributed by atoms with Crippen LogP contribution in [0.4, 0.5) is 5.13 Å². The van der Waals surface area contributed by atoms with E-state index in [1.807, 2.05) is 29.3 Å². The third-order valence-corrected chi connectivity index (χ3v) is 15.9. The smallest absolute Gasteiger partial charge is 0.330 e. The van der Waals surface area contributed by atoms with Crippen molar-refractivity contribution in [3.8, 4) is 34.5 Å². The number of rotatable bonds is 33. The molecule has 0 radical (unpaired) electrons. The van der Waals surface area contributed by atoms with Crippen LogP contribution in [0.15, 0.2) is 121 Å². The third kappa shape index (κ3) is 20.5. The molecule has 4 aromatic carbocycles. The van der Waals surface area contributed by atoms with E-state index in [4.69, 9.17) is 48.0 Å². The summed E-state index contributed by atoms with van der Waals surface area (Å²) in [6.07, 6.45) is 17.2. The zero-order valence-electron chi connectivity index (χ0n) is 48.4. The van der Waals surface area contributed by atoms with Crippen LogP contribution in [0.1, 0.15) is 141 Å². The van der Waals surface area contributed by atoms with Gasteiger partial charge in [-0.1, -0.05) is 56.4 Å². The monoisotopic (exact) mass is 1170 g/mol. The van der Waals surface area contributed by atoms with Crippen LogP contribution < -0.4 is 33.4 Å². The van der Waals surface area contributed by atoms with Crippen molar-refractivity contribution in [2.45, 2.75) is 142 Å². The summed E-state index contributed by atoms with van der Waals surface area (Å²) >= 11 is 1.53. The maximum Gasteiger partial charge on any atom is 0.330 e. The van der Waals surface area contributed by atoms with Crippen molar-refractivity contribution in [1.29, 1.82) is 0 Å². The SMILES string of the molecule is C=CC(=O)OCCCCCCOc1ccc(OC(=O)C2CCC(C(=O)Oc3ccc(OC(=O)C4CCC(C(=O)Oc5ccc(OCCCCCCOC(=O)C=C)cc5)CC4)c(/C=N/N(c4nc5ccccc5s4)C(C)CCCC)c3)CC2)cc1. The van der Waals surface area contributed by atoms with Crippen LogP contribution in [0.2, 0.25) is 0 Å². The number of nitrogens with zero attached hydrogens (tertiary/aromatic N) is 3. The van der Waals surface area contributed by atoms with Gasteiger partial charge in [-0.25, -0.2) is 19.6 Å². The molecule has 84 heavy (non-hydrogen) atoms. The molecule has 0 saturated heterocycles. The zero-order chi connectivity index (χ0) is 59.5. The molecule has 5 aromatic rings. The number of esters is 6. The lowest BCUT2D eigenvalue weighted by Crippen LogP contribution is -2.31. The second kappa shape index (κ2) is 34.0. The van der Waals surface area contributed by atoms with Crippen LogP contribution in [0, 0.1) is 23.7 Å². The van der Waals surface area contributed by atoms with Gasteiger partial charge in [-0.05, 0) is 195 Å². The Morgan fingerprint density at radius 2 is 0.988 bits per heavy atom. The Hall–Kier alpha value is -7.86. The lowest BCUT2D eigenvalue weighted by Gasteiger charge is -2.26. The molecule has 0 spiro atoms. The maximum atomic E-state index is 14.0. The van der Waals surface area contributed by atoms with Gasteiger partial charge in [0.05, 0.1) is 72.6 Å². The van der Waals surface area contributed by atoms with Crippen LogP contribution >= 0.6 is 11.3 Å². The highest BCUT2D eigenvalue weighted by atomic mass is 32.1. The van der Waals surface area contributed by atoms with E-state index in [0.29, 0.717) is 111 Å². The van der Waals surface area contributed by atoms with Gasteiger partial charge in [-0.15, -0.1) is 0 Å². The normalized spacial score (nSPS) is 17.1. The number of carbonyl (C=O) groups excluding carboxylic acids is 6. The molecule has 0 bridgehead atoms. The lowest BCUT2D eigenvalue weighted by molar-refractivity contribution is -0.145. The first kappa shape index (κ1) is 63.7. The fraction of sp³-hybridized carbons (Fsp3) is 0.455. The van der Waals surface area contributed by atoms with Gasteiger partial charge in [0, 0.05) is 17.7 Å². The minimum absolute atomic E-state index is 0.0281. The first-order chi connectivity index (χ1) is 40.9. The van der Waals surface area contributed by atoms with Crippen molar-refractivity contribution in [1.82, 2.24) is 4.98 Å². The summed E-state index contributed by atoms with van der Waals surface area (Å²) in [6.45, 7) is 12.8. The second-order valence-electron chi connectivity index (χ2n) is 21.2. The average Bonchev–Trinajstić information content (AvgIpc) is 4.13. The van der Waals surface area contributed by atoms with Gasteiger partial charge in [0.15, 0.2) is 0 Å². The summed E-state index contributed by atoms with van der Waals surface area (Å²) in [5.41, 5.74) is 1.28. The van der Waals surface area contributed by atoms with E-state index >= 15 is 0 Å². The minimum atomic E-state index is -0.467. The summed E-state index contributed by atoms with van der Waals surface area (Å²) < 4.78 is 46.4. The Labute approximate surface area is 496 Å². The Balaban J connectivity index is 0.917. The standard InChI is InChI=1S/C66H79N3O14S/c1-5-8-19-46(4)69(66-68-57-20-13-14-21-59(57)84-66)67-45-51-44-56(82-64(74)49-24-22-47(23-25-49)62(72)80-54-34-30-52(31-35-54)76-40-15-9-11-17-42-78-60(70)6-2)38-39-58(51)83-65(75)50-28-26-48(27-29-50)63(73)81-55-36-32-53(33-37-55)77-41-16-10-12-18-43-79-61(71)7-3/h6-7,13-14,20-21,30-39,44-50H,2-3,5,8-12,15-19,22-29,40-43H2,1,4H3/b67-45+. The molecule has 2 fully saturated rings. The molecule has 1 aromatic heterocycles. The molecule has 0 N–H and O–H groups in total. The Kier molecular flexibility index (Phi) is 25.8. The number of fused-ring (bicyclic) bond motifs is 1. The van der Waals surface area contributed by atoms with Crippen molar-refractivity contribution in [2.24, 2.45) is 28.8 Å². The summed E-state index contributed by atoms with van der Waals surface area (Å²) in [6, 6.07) is 26.6. The Morgan fingerprint density at radius 1 is 0.560 bits per heavy atom. The topological polar surface area (TPSA) is 205 Å². The predicted octanol–water partition coefficient (Wildman–Crippen LogP) is 13.7. The fourth-order valence-electron chi connectivity index (χ4n) is 9.93. The largest absolute Gasteiger partial charge is 0.494 e. The molecular weight excluding hydrogens is 1090 g/mol. The van der Waals surface area contributed by atoms with Crippen molar-refractivity contribution in [2.75, 3.05) is 31.4 Å². The number of benzene rings is 4. The molecular formula is C66H79N3O14S. The predicted molar refractivity (Wildman–Crippen MR) is 322 cm³/mol. The highest BCUT2D eigenvalue weighted by molar-refractivity contribution is 7.22. The van der Waals surface area contributed by atoms with Gasteiger partial charge >= 0.3 is 35.8 Å². The van der Waals surface area contributed by atoms with Crippen LogP contribution in [0.25, 0.3) is 10.2 Å². The van der Waals surface area contributed by atoms with E-state index in [1.54, 1.807) is 72.9 Å². The number of unbranched alkanes of at least 4 members (excludes halogenated alkanes) is 7. The summed E-state index contributed by atoms with van der Waals surface area (Å²) in [5.74, 6) is -1.43. The number of hydrogen-bond acceptors (Lipinski definition) is 18. The van der Waals surface area contributed by atoms with Crippen LogP contribution in [-0.2, 0) is 38.2 Å². The number of aromatic nitrogens is 1. The van der Waals surface area contributed by atoms with Crippen molar-refractivity contribution in [3.05, 3.63) is 122 Å². The van der Waals surface area contributed by atoms with Crippen LogP contribution in [-0.4, -0.2) is 79.5 Å². The van der Waals surface area contributed by atoms with Gasteiger partial charge in [0.2, 0.25) is 5.13 Å². The van der Waals surface area contributed by atoms with Crippen molar-refractivity contribution in [3.63, 3.8) is 0 Å². The highest BCUT2D eigenvalue weighted by Gasteiger charge is 2.34. The van der Waals surface area contributed by atoms with Gasteiger partial charge in [-0.2, -0.15) is 5.10 Å². The molecule has 0 amide bonds. The molecule has 18 heteroatoms. The number of hydrogen-bond donors (Lipinski definition) is 0. The summed E-state index contributed by atoms with van der Waals surface area (Å²) in [5, 5.41) is 7.59. The molecule has 0 aliphatic heterocycles. The minimum Gasteiger partial charge on any atom is -0.494 e. The van der Waals surface area contributed by atoms with Crippen LogP contribution in [0.3, 0.4) is 0 Å². The van der Waals surface area contributed by atoms with E-state index in [1.165, 1.54) is 11.3 Å². The van der Waals surface area contributed by atoms with E-state index in [0.717, 1.165) is 93.0 Å². The Bertz CT molecular complexity index is 2950. The lowest BCUT2D eigenvalue weighted by atomic mass is 9.82. The second-order valence-corrected chi connectivity index (χ2v) is 22.2. The number of ether oxygens (including phenoxy) is 8. The molecule has 1 atom stereocenters. The molecule has 2 aliphatic rings.